The Hall–Kier alpha value is -4.05. The molecule has 0 aliphatic heterocycles. The van der Waals surface area contributed by atoms with Gasteiger partial charge >= 0.3 is 0 Å². The van der Waals surface area contributed by atoms with Gasteiger partial charge in [0.05, 0.1) is 6.04 Å². The molecular weight excluding hydrogens is 691 g/mol. The second-order valence-corrected chi connectivity index (χ2v) is 17.0. The van der Waals surface area contributed by atoms with Crippen molar-refractivity contribution in [1.29, 1.82) is 0 Å². The summed E-state index contributed by atoms with van der Waals surface area (Å²) in [6.07, 6.45) is 8.92. The predicted molar refractivity (Wildman–Crippen MR) is 220 cm³/mol. The first-order valence-corrected chi connectivity index (χ1v) is 20.6. The van der Waals surface area contributed by atoms with E-state index in [4.69, 9.17) is 0 Å². The number of rotatable bonds is 26. The molecule has 10 nitrogen and oxygen atoms in total. The van der Waals surface area contributed by atoms with Gasteiger partial charge in [-0.15, -0.1) is 0 Å². The number of ketones is 1. The molecule has 0 bridgehead atoms. The molecular formula is C45H69N5O5. The Labute approximate surface area is 330 Å². The highest BCUT2D eigenvalue weighted by Crippen LogP contribution is 2.47. The lowest BCUT2D eigenvalue weighted by atomic mass is 9.91. The standard InChI is InChI=1S/C45H69N5O5/c1-32(2)29-37(41(52)45(5)26-27-45)47-44(55)39(31-35-21-15-12-16-22-35)49-43(54)38(30-33(3)4)48-42(53)36(25-24-34-19-13-11-14-20-34)46-40(51)23-17-9-8-10-18-28-50(6)7/h11-16,19-22,32-33,36-39H,8-10,17-18,23-31H2,1-7H3,(H,46,51)(H,47,55)(H,48,53)(H,49,54)/t36-,37-,38-,39-/m0/s1. The molecule has 0 saturated heterocycles. The van der Waals surface area contributed by atoms with E-state index >= 15 is 0 Å². The van der Waals surface area contributed by atoms with E-state index in [-0.39, 0.29) is 29.9 Å². The number of hydrogen-bond donors (Lipinski definition) is 4. The van der Waals surface area contributed by atoms with Crippen LogP contribution in [-0.4, -0.2) is 79.1 Å². The molecule has 0 spiro atoms. The van der Waals surface area contributed by atoms with Gasteiger partial charge in [0.25, 0.3) is 0 Å². The Bertz CT molecular complexity index is 1490. The van der Waals surface area contributed by atoms with Gasteiger partial charge in [0.2, 0.25) is 23.6 Å². The monoisotopic (exact) mass is 760 g/mol. The number of Topliss-reactive ketones (excluding diaryl/α,β-unsaturated/α-hetero) is 1. The summed E-state index contributed by atoms with van der Waals surface area (Å²) in [7, 11) is 4.13. The van der Waals surface area contributed by atoms with Gasteiger partial charge in [-0.25, -0.2) is 0 Å². The van der Waals surface area contributed by atoms with Crippen LogP contribution in [0.25, 0.3) is 0 Å². The molecule has 304 valence electrons. The van der Waals surface area contributed by atoms with E-state index < -0.39 is 47.3 Å². The topological polar surface area (TPSA) is 137 Å². The maximum atomic E-state index is 14.1. The van der Waals surface area contributed by atoms with Gasteiger partial charge in [0.15, 0.2) is 5.78 Å². The van der Waals surface area contributed by atoms with Crippen molar-refractivity contribution in [2.45, 2.75) is 142 Å². The minimum absolute atomic E-state index is 0.0351. The van der Waals surface area contributed by atoms with Crippen molar-refractivity contribution in [3.63, 3.8) is 0 Å². The smallest absolute Gasteiger partial charge is 0.243 e. The van der Waals surface area contributed by atoms with E-state index in [0.29, 0.717) is 32.1 Å². The fraction of sp³-hybridized carbons (Fsp3) is 0.622. The largest absolute Gasteiger partial charge is 0.344 e. The van der Waals surface area contributed by atoms with Crippen LogP contribution in [0.15, 0.2) is 60.7 Å². The molecule has 4 atom stereocenters. The lowest BCUT2D eigenvalue weighted by Gasteiger charge is -2.28. The highest BCUT2D eigenvalue weighted by Gasteiger charge is 2.48. The summed E-state index contributed by atoms with van der Waals surface area (Å²) >= 11 is 0. The molecule has 10 heteroatoms. The number of hydrogen-bond acceptors (Lipinski definition) is 6. The molecule has 1 aliphatic rings. The number of benzene rings is 2. The van der Waals surface area contributed by atoms with Crippen molar-refractivity contribution in [2.24, 2.45) is 17.3 Å². The molecule has 1 saturated carbocycles. The third kappa shape index (κ3) is 17.1. The molecule has 0 unspecified atom stereocenters. The number of carbonyl (C=O) groups excluding carboxylic acids is 5. The fourth-order valence-electron chi connectivity index (χ4n) is 6.87. The van der Waals surface area contributed by atoms with E-state index in [9.17, 15) is 24.0 Å². The molecule has 4 amide bonds. The first kappa shape index (κ1) is 45.3. The molecule has 2 aromatic carbocycles. The Morgan fingerprint density at radius 1 is 0.618 bits per heavy atom. The van der Waals surface area contributed by atoms with Gasteiger partial charge < -0.3 is 26.2 Å². The summed E-state index contributed by atoms with van der Waals surface area (Å²) < 4.78 is 0. The summed E-state index contributed by atoms with van der Waals surface area (Å²) in [5, 5.41) is 11.9. The van der Waals surface area contributed by atoms with Gasteiger partial charge in [-0.2, -0.15) is 0 Å². The van der Waals surface area contributed by atoms with Crippen LogP contribution in [0.4, 0.5) is 0 Å². The van der Waals surface area contributed by atoms with Gasteiger partial charge in [-0.1, -0.05) is 115 Å². The number of amides is 4. The van der Waals surface area contributed by atoms with Crippen molar-refractivity contribution < 1.29 is 24.0 Å². The van der Waals surface area contributed by atoms with E-state index in [2.05, 4.69) is 40.3 Å². The van der Waals surface area contributed by atoms with Crippen LogP contribution < -0.4 is 21.3 Å². The molecule has 55 heavy (non-hydrogen) atoms. The van der Waals surface area contributed by atoms with Crippen molar-refractivity contribution >= 4 is 29.4 Å². The normalized spacial score (nSPS) is 15.5. The first-order valence-electron chi connectivity index (χ1n) is 20.6. The van der Waals surface area contributed by atoms with Crippen LogP contribution in [0, 0.1) is 17.3 Å². The Kier molecular flexibility index (Phi) is 19.1. The zero-order chi connectivity index (χ0) is 40.4. The predicted octanol–water partition coefficient (Wildman–Crippen LogP) is 6.16. The zero-order valence-corrected chi connectivity index (χ0v) is 34.6. The number of unbranched alkanes of at least 4 members (excludes halogenated alkanes) is 4. The van der Waals surface area contributed by atoms with Crippen LogP contribution >= 0.6 is 0 Å². The third-order valence-corrected chi connectivity index (χ3v) is 10.4. The summed E-state index contributed by atoms with van der Waals surface area (Å²) in [5.74, 6) is -1.28. The van der Waals surface area contributed by atoms with Crippen LogP contribution in [0.1, 0.15) is 116 Å². The zero-order valence-electron chi connectivity index (χ0n) is 34.6. The van der Waals surface area contributed by atoms with Crippen LogP contribution in [0.5, 0.6) is 0 Å². The van der Waals surface area contributed by atoms with Crippen LogP contribution in [-0.2, 0) is 36.8 Å². The lowest BCUT2D eigenvalue weighted by Crippen LogP contribution is -2.58. The number of nitrogens with one attached hydrogen (secondary N) is 4. The van der Waals surface area contributed by atoms with Crippen molar-refractivity contribution in [1.82, 2.24) is 26.2 Å². The maximum Gasteiger partial charge on any atom is 0.243 e. The Balaban J connectivity index is 1.75. The second-order valence-electron chi connectivity index (χ2n) is 17.0. The molecule has 1 fully saturated rings. The van der Waals surface area contributed by atoms with Gasteiger partial charge in [-0.3, -0.25) is 24.0 Å². The van der Waals surface area contributed by atoms with E-state index in [1.54, 1.807) is 0 Å². The summed E-state index contributed by atoms with van der Waals surface area (Å²) in [6.45, 7) is 11.0. The van der Waals surface area contributed by atoms with Crippen molar-refractivity contribution in [3.8, 4) is 0 Å². The summed E-state index contributed by atoms with van der Waals surface area (Å²) in [4.78, 5) is 71.0. The molecule has 0 radical (unpaired) electrons. The van der Waals surface area contributed by atoms with Gasteiger partial charge in [-0.05, 0) is 95.0 Å². The maximum absolute atomic E-state index is 14.1. The average Bonchev–Trinajstić information content (AvgIpc) is 3.90. The first-order chi connectivity index (χ1) is 26.2. The van der Waals surface area contributed by atoms with Gasteiger partial charge in [0, 0.05) is 18.3 Å². The molecule has 1 aliphatic carbocycles. The lowest BCUT2D eigenvalue weighted by molar-refractivity contribution is -0.135. The quantitative estimate of drug-likeness (QED) is 0.0849. The Morgan fingerprint density at radius 3 is 1.69 bits per heavy atom. The second kappa shape index (κ2) is 23.1. The SMILES string of the molecule is CC(C)C[C@H](NC(=O)[C@H](CCc1ccccc1)NC(=O)CCCCCCCN(C)C)C(=O)N[C@@H](Cc1ccccc1)C(=O)N[C@@H](CC(C)C)C(=O)C1(C)CC1. The summed E-state index contributed by atoms with van der Waals surface area (Å²) in [6, 6.07) is 15.8. The molecule has 0 heterocycles. The van der Waals surface area contributed by atoms with Crippen LogP contribution in [0.3, 0.4) is 0 Å². The van der Waals surface area contributed by atoms with E-state index in [0.717, 1.165) is 62.6 Å². The Morgan fingerprint density at radius 2 is 1.11 bits per heavy atom. The summed E-state index contributed by atoms with van der Waals surface area (Å²) in [5.41, 5.74) is 1.48. The highest BCUT2D eigenvalue weighted by molar-refractivity contribution is 5.97. The van der Waals surface area contributed by atoms with Gasteiger partial charge in [0.1, 0.15) is 18.1 Å². The minimum atomic E-state index is -0.979. The highest BCUT2D eigenvalue weighted by atomic mass is 16.2. The fourth-order valence-corrected chi connectivity index (χ4v) is 6.87. The van der Waals surface area contributed by atoms with Crippen molar-refractivity contribution in [2.75, 3.05) is 20.6 Å². The van der Waals surface area contributed by atoms with E-state index in [1.807, 2.05) is 95.3 Å². The number of aryl methyl sites for hydroxylation is 1. The molecule has 4 N–H and O–H groups in total. The molecule has 2 aromatic rings. The number of nitrogens with zero attached hydrogens (tertiary/aromatic N) is 1. The van der Waals surface area contributed by atoms with E-state index in [1.165, 1.54) is 0 Å². The van der Waals surface area contributed by atoms with Crippen LogP contribution in [0.2, 0.25) is 0 Å². The average molecular weight is 760 g/mol. The number of carbonyl (C=O) groups is 5. The molecule has 3 rings (SSSR count). The third-order valence-electron chi connectivity index (χ3n) is 10.4. The van der Waals surface area contributed by atoms with Crippen molar-refractivity contribution in [3.05, 3.63) is 71.8 Å². The minimum Gasteiger partial charge on any atom is -0.344 e. The molecule has 0 aromatic heterocycles.